The first-order valence-corrected chi connectivity index (χ1v) is 9.33. The summed E-state index contributed by atoms with van der Waals surface area (Å²) < 4.78 is 27.8. The summed E-state index contributed by atoms with van der Waals surface area (Å²) in [6.07, 6.45) is 1.62. The maximum absolute atomic E-state index is 13.1. The minimum Gasteiger partial charge on any atom is -0.326 e. The normalized spacial score (nSPS) is 22.9. The predicted molar refractivity (Wildman–Crippen MR) is 91.5 cm³/mol. The van der Waals surface area contributed by atoms with Crippen molar-refractivity contribution >= 4 is 10.0 Å². The third-order valence-electron chi connectivity index (χ3n) is 4.40. The Balaban J connectivity index is 2.02. The molecule has 2 aromatic rings. The molecule has 2 atom stereocenters. The van der Waals surface area contributed by atoms with Crippen molar-refractivity contribution in [3.8, 4) is 0 Å². The Morgan fingerprint density at radius 1 is 1.04 bits per heavy atom. The van der Waals surface area contributed by atoms with E-state index in [0.717, 1.165) is 24.0 Å². The Labute approximate surface area is 138 Å². The van der Waals surface area contributed by atoms with Crippen molar-refractivity contribution in [3.63, 3.8) is 0 Å². The Hall–Kier alpha value is -1.69. The standard InChI is InChI=1S/C18H22N2O2S/c1-14-9-11-16(12-10-14)23(21,22)20-13-5-8-17(19)18(20)15-6-3-2-4-7-15/h2-4,6-7,9-12,17-18H,5,8,13,19H2,1H3/t17-,18+/m0/s1. The highest BCUT2D eigenvalue weighted by Gasteiger charge is 2.38. The molecule has 4 nitrogen and oxygen atoms in total. The molecule has 1 aliphatic heterocycles. The van der Waals surface area contributed by atoms with Gasteiger partial charge < -0.3 is 5.73 Å². The molecular weight excluding hydrogens is 308 g/mol. The molecule has 0 aromatic heterocycles. The number of sulfonamides is 1. The van der Waals surface area contributed by atoms with E-state index in [1.165, 1.54) is 0 Å². The second-order valence-corrected chi connectivity index (χ2v) is 7.98. The van der Waals surface area contributed by atoms with Crippen molar-refractivity contribution in [1.29, 1.82) is 0 Å². The van der Waals surface area contributed by atoms with Crippen LogP contribution >= 0.6 is 0 Å². The zero-order valence-electron chi connectivity index (χ0n) is 13.2. The number of benzene rings is 2. The fourth-order valence-corrected chi connectivity index (χ4v) is 4.87. The second kappa shape index (κ2) is 6.43. The lowest BCUT2D eigenvalue weighted by Crippen LogP contribution is -2.48. The van der Waals surface area contributed by atoms with Crippen molar-refractivity contribution in [2.75, 3.05) is 6.54 Å². The molecule has 1 fully saturated rings. The van der Waals surface area contributed by atoms with Crippen LogP contribution in [0.1, 0.15) is 30.0 Å². The van der Waals surface area contributed by atoms with E-state index >= 15 is 0 Å². The summed E-state index contributed by atoms with van der Waals surface area (Å²) >= 11 is 0. The Kier molecular flexibility index (Phi) is 4.53. The van der Waals surface area contributed by atoms with Crippen LogP contribution in [0, 0.1) is 6.92 Å². The van der Waals surface area contributed by atoms with Crippen molar-refractivity contribution in [2.24, 2.45) is 5.73 Å². The molecule has 0 amide bonds. The monoisotopic (exact) mass is 330 g/mol. The van der Waals surface area contributed by atoms with Crippen molar-refractivity contribution in [1.82, 2.24) is 4.31 Å². The zero-order chi connectivity index (χ0) is 16.4. The average Bonchev–Trinajstić information content (AvgIpc) is 2.56. The highest BCUT2D eigenvalue weighted by Crippen LogP contribution is 2.34. The summed E-state index contributed by atoms with van der Waals surface area (Å²) in [4.78, 5) is 0.332. The molecule has 0 bridgehead atoms. The van der Waals surface area contributed by atoms with E-state index < -0.39 is 10.0 Å². The minimum absolute atomic E-state index is 0.189. The molecule has 0 unspecified atom stereocenters. The minimum atomic E-state index is -3.56. The quantitative estimate of drug-likeness (QED) is 0.941. The maximum atomic E-state index is 13.1. The number of hydrogen-bond acceptors (Lipinski definition) is 3. The molecule has 2 N–H and O–H groups in total. The number of hydrogen-bond donors (Lipinski definition) is 1. The van der Waals surface area contributed by atoms with Gasteiger partial charge in [-0.15, -0.1) is 0 Å². The van der Waals surface area contributed by atoms with Gasteiger partial charge in [0.1, 0.15) is 0 Å². The van der Waals surface area contributed by atoms with Gasteiger partial charge in [-0.05, 0) is 37.5 Å². The van der Waals surface area contributed by atoms with Gasteiger partial charge in [0.2, 0.25) is 10.0 Å². The predicted octanol–water partition coefficient (Wildman–Crippen LogP) is 2.85. The molecule has 5 heteroatoms. The first kappa shape index (κ1) is 16.2. The third kappa shape index (κ3) is 3.17. The summed E-state index contributed by atoms with van der Waals surface area (Å²) in [6.45, 7) is 2.45. The summed E-state index contributed by atoms with van der Waals surface area (Å²) in [5.41, 5.74) is 8.29. The van der Waals surface area contributed by atoms with Gasteiger partial charge in [-0.25, -0.2) is 8.42 Å². The summed E-state index contributed by atoms with van der Waals surface area (Å²) in [6, 6.07) is 16.2. The lowest BCUT2D eigenvalue weighted by molar-refractivity contribution is 0.225. The molecule has 0 aliphatic carbocycles. The van der Waals surface area contributed by atoms with Gasteiger partial charge in [-0.2, -0.15) is 4.31 Å². The van der Waals surface area contributed by atoms with Gasteiger partial charge in [0.25, 0.3) is 0 Å². The first-order chi connectivity index (χ1) is 11.0. The van der Waals surface area contributed by atoms with Crippen LogP contribution in [0.3, 0.4) is 0 Å². The molecule has 3 rings (SSSR count). The smallest absolute Gasteiger partial charge is 0.243 e. The van der Waals surface area contributed by atoms with Crippen LogP contribution in [0.4, 0.5) is 0 Å². The molecule has 2 aromatic carbocycles. The molecule has 0 radical (unpaired) electrons. The van der Waals surface area contributed by atoms with Gasteiger partial charge in [-0.1, -0.05) is 48.0 Å². The topological polar surface area (TPSA) is 63.4 Å². The van der Waals surface area contributed by atoms with E-state index in [0.29, 0.717) is 11.4 Å². The molecule has 1 heterocycles. The van der Waals surface area contributed by atoms with Gasteiger partial charge >= 0.3 is 0 Å². The largest absolute Gasteiger partial charge is 0.326 e. The summed E-state index contributed by atoms with van der Waals surface area (Å²) in [7, 11) is -3.56. The van der Waals surface area contributed by atoms with Crippen molar-refractivity contribution in [2.45, 2.75) is 36.7 Å². The summed E-state index contributed by atoms with van der Waals surface area (Å²) in [5.74, 6) is 0. The van der Waals surface area contributed by atoms with Crippen LogP contribution in [0.15, 0.2) is 59.5 Å². The van der Waals surface area contributed by atoms with Gasteiger partial charge in [0, 0.05) is 12.6 Å². The van der Waals surface area contributed by atoms with E-state index in [1.807, 2.05) is 49.4 Å². The fraction of sp³-hybridized carbons (Fsp3) is 0.333. The van der Waals surface area contributed by atoms with Crippen LogP contribution in [-0.4, -0.2) is 25.3 Å². The number of piperidine rings is 1. The number of nitrogens with zero attached hydrogens (tertiary/aromatic N) is 1. The van der Waals surface area contributed by atoms with Gasteiger partial charge in [0.15, 0.2) is 0 Å². The van der Waals surface area contributed by atoms with Crippen molar-refractivity contribution < 1.29 is 8.42 Å². The molecule has 1 saturated heterocycles. The fourth-order valence-electron chi connectivity index (χ4n) is 3.17. The molecule has 0 saturated carbocycles. The number of nitrogens with two attached hydrogens (primary N) is 1. The molecular formula is C18H22N2O2S. The van der Waals surface area contributed by atoms with Crippen LogP contribution in [-0.2, 0) is 10.0 Å². The van der Waals surface area contributed by atoms with E-state index in [9.17, 15) is 8.42 Å². The van der Waals surface area contributed by atoms with Crippen LogP contribution in [0.25, 0.3) is 0 Å². The Morgan fingerprint density at radius 2 is 1.70 bits per heavy atom. The molecule has 1 aliphatic rings. The SMILES string of the molecule is Cc1ccc(S(=O)(=O)N2CCC[C@H](N)[C@H]2c2ccccc2)cc1. The van der Waals surface area contributed by atoms with Gasteiger partial charge in [-0.3, -0.25) is 0 Å². The van der Waals surface area contributed by atoms with Crippen LogP contribution < -0.4 is 5.73 Å². The first-order valence-electron chi connectivity index (χ1n) is 7.89. The molecule has 23 heavy (non-hydrogen) atoms. The zero-order valence-corrected chi connectivity index (χ0v) is 14.0. The molecule has 122 valence electrons. The summed E-state index contributed by atoms with van der Waals surface area (Å²) in [5, 5.41) is 0. The lowest BCUT2D eigenvalue weighted by atomic mass is 9.93. The highest BCUT2D eigenvalue weighted by molar-refractivity contribution is 7.89. The van der Waals surface area contributed by atoms with Crippen LogP contribution in [0.2, 0.25) is 0 Å². The molecule has 0 spiro atoms. The Morgan fingerprint density at radius 3 is 2.35 bits per heavy atom. The van der Waals surface area contributed by atoms with Crippen molar-refractivity contribution in [3.05, 3.63) is 65.7 Å². The third-order valence-corrected chi connectivity index (χ3v) is 6.30. The lowest BCUT2D eigenvalue weighted by Gasteiger charge is -2.39. The highest BCUT2D eigenvalue weighted by atomic mass is 32.2. The second-order valence-electron chi connectivity index (χ2n) is 6.09. The van der Waals surface area contributed by atoms with E-state index in [1.54, 1.807) is 16.4 Å². The maximum Gasteiger partial charge on any atom is 0.243 e. The van der Waals surface area contributed by atoms with Crippen LogP contribution in [0.5, 0.6) is 0 Å². The number of rotatable bonds is 3. The number of aryl methyl sites for hydroxylation is 1. The Bertz CT molecular complexity index is 757. The van der Waals surface area contributed by atoms with E-state index in [2.05, 4.69) is 0 Å². The van der Waals surface area contributed by atoms with E-state index in [4.69, 9.17) is 5.73 Å². The van der Waals surface area contributed by atoms with E-state index in [-0.39, 0.29) is 12.1 Å². The van der Waals surface area contributed by atoms with Gasteiger partial charge in [0.05, 0.1) is 10.9 Å². The average molecular weight is 330 g/mol.